The van der Waals surface area contributed by atoms with E-state index in [-0.39, 0.29) is 5.91 Å². The lowest BCUT2D eigenvalue weighted by atomic mass is 9.79. The predicted molar refractivity (Wildman–Crippen MR) is 84.5 cm³/mol. The van der Waals surface area contributed by atoms with Gasteiger partial charge >= 0.3 is 0 Å². The number of carbonyl (C=O) groups is 1. The summed E-state index contributed by atoms with van der Waals surface area (Å²) < 4.78 is 0. The Hall–Kier alpha value is -1.49. The Morgan fingerprint density at radius 2 is 1.95 bits per heavy atom. The molecule has 1 fully saturated rings. The summed E-state index contributed by atoms with van der Waals surface area (Å²) in [5, 5.41) is 2.93. The number of aryl methyl sites for hydroxylation is 1. The number of amides is 1. The van der Waals surface area contributed by atoms with Gasteiger partial charge in [-0.25, -0.2) is 0 Å². The molecule has 0 aliphatic heterocycles. The Morgan fingerprint density at radius 1 is 1.30 bits per heavy atom. The summed E-state index contributed by atoms with van der Waals surface area (Å²) in [6.07, 6.45) is 9.17. The Labute approximate surface area is 125 Å². The quantitative estimate of drug-likeness (QED) is 0.663. The minimum absolute atomic E-state index is 0.0840. The van der Waals surface area contributed by atoms with Gasteiger partial charge in [0.15, 0.2) is 0 Å². The maximum absolute atomic E-state index is 12.7. The van der Waals surface area contributed by atoms with Gasteiger partial charge in [0.05, 0.1) is 22.3 Å². The summed E-state index contributed by atoms with van der Waals surface area (Å²) in [5.74, 6) is -0.0840. The molecule has 1 aliphatic rings. The zero-order valence-corrected chi connectivity index (χ0v) is 12.6. The third-order valence-electron chi connectivity index (χ3n) is 4.00. The van der Waals surface area contributed by atoms with Crippen LogP contribution in [0.25, 0.3) is 0 Å². The highest BCUT2D eigenvalue weighted by molar-refractivity contribution is 7.80. The van der Waals surface area contributed by atoms with E-state index in [1.54, 1.807) is 12.4 Å². The first-order valence-electron chi connectivity index (χ1n) is 7.08. The molecule has 3 N–H and O–H groups in total. The number of nitrogens with one attached hydrogen (secondary N) is 1. The van der Waals surface area contributed by atoms with Crippen molar-refractivity contribution in [3.63, 3.8) is 0 Å². The van der Waals surface area contributed by atoms with E-state index in [2.05, 4.69) is 10.3 Å². The normalized spacial score (nSPS) is 18.1. The molecule has 1 aromatic rings. The monoisotopic (exact) mass is 291 g/mol. The number of nitrogens with zero attached hydrogens (tertiary/aromatic N) is 1. The van der Waals surface area contributed by atoms with Gasteiger partial charge in [0.1, 0.15) is 0 Å². The van der Waals surface area contributed by atoms with Crippen LogP contribution in [0.2, 0.25) is 0 Å². The van der Waals surface area contributed by atoms with Gasteiger partial charge in [0.25, 0.3) is 0 Å². The van der Waals surface area contributed by atoms with E-state index in [0.717, 1.165) is 44.1 Å². The molecule has 0 radical (unpaired) electrons. The van der Waals surface area contributed by atoms with Crippen LogP contribution in [0.1, 0.15) is 44.1 Å². The first-order chi connectivity index (χ1) is 9.54. The minimum Gasteiger partial charge on any atom is -0.392 e. The molecule has 2 rings (SSSR count). The molecule has 1 aliphatic carbocycles. The Balaban J connectivity index is 2.21. The van der Waals surface area contributed by atoms with Crippen molar-refractivity contribution in [3.05, 3.63) is 24.0 Å². The lowest BCUT2D eigenvalue weighted by Crippen LogP contribution is -2.45. The van der Waals surface area contributed by atoms with Crippen LogP contribution in [0.3, 0.4) is 0 Å². The van der Waals surface area contributed by atoms with Crippen molar-refractivity contribution in [1.29, 1.82) is 0 Å². The van der Waals surface area contributed by atoms with Crippen LogP contribution in [0.4, 0.5) is 5.69 Å². The molecule has 1 saturated carbocycles. The van der Waals surface area contributed by atoms with Crippen molar-refractivity contribution < 1.29 is 4.79 Å². The zero-order valence-electron chi connectivity index (χ0n) is 11.8. The van der Waals surface area contributed by atoms with Gasteiger partial charge in [0.2, 0.25) is 5.91 Å². The van der Waals surface area contributed by atoms with Crippen molar-refractivity contribution in [2.24, 2.45) is 11.1 Å². The maximum atomic E-state index is 12.7. The number of anilines is 1. The summed E-state index contributed by atoms with van der Waals surface area (Å²) in [7, 11) is 0. The molecule has 0 atom stereocenters. The van der Waals surface area contributed by atoms with E-state index in [0.29, 0.717) is 10.7 Å². The zero-order chi connectivity index (χ0) is 14.6. The summed E-state index contributed by atoms with van der Waals surface area (Å²) in [6, 6.07) is 1.90. The van der Waals surface area contributed by atoms with Crippen molar-refractivity contribution in [1.82, 2.24) is 4.98 Å². The SMILES string of the molecule is Cc1cncc(NC(=O)C2(C(N)=S)CCCCCC2)c1. The molecule has 5 heteroatoms. The fourth-order valence-corrected chi connectivity index (χ4v) is 3.09. The van der Waals surface area contributed by atoms with E-state index in [1.807, 2.05) is 13.0 Å². The van der Waals surface area contributed by atoms with Crippen LogP contribution < -0.4 is 11.1 Å². The highest BCUT2D eigenvalue weighted by Crippen LogP contribution is 2.36. The van der Waals surface area contributed by atoms with E-state index >= 15 is 0 Å². The average molecular weight is 291 g/mol. The van der Waals surface area contributed by atoms with Crippen LogP contribution in [-0.2, 0) is 4.79 Å². The number of hydrogen-bond acceptors (Lipinski definition) is 3. The van der Waals surface area contributed by atoms with Crippen LogP contribution in [0, 0.1) is 12.3 Å². The standard InChI is InChI=1S/C15H21N3OS/c1-11-8-12(10-17-9-11)18-14(19)15(13(16)20)6-4-2-3-5-7-15/h8-10H,2-7H2,1H3,(H2,16,20)(H,18,19). The topological polar surface area (TPSA) is 68.0 Å². The Kier molecular flexibility index (Phi) is 4.70. The van der Waals surface area contributed by atoms with E-state index < -0.39 is 5.41 Å². The number of rotatable bonds is 3. The molecular weight excluding hydrogens is 270 g/mol. The van der Waals surface area contributed by atoms with Crippen molar-refractivity contribution in [3.8, 4) is 0 Å². The van der Waals surface area contributed by atoms with Crippen molar-refractivity contribution >= 4 is 28.8 Å². The molecule has 0 bridgehead atoms. The second-order valence-electron chi connectivity index (χ2n) is 5.57. The fraction of sp³-hybridized carbons (Fsp3) is 0.533. The van der Waals surface area contributed by atoms with Gasteiger partial charge in [-0.15, -0.1) is 0 Å². The summed E-state index contributed by atoms with van der Waals surface area (Å²) >= 11 is 5.21. The van der Waals surface area contributed by atoms with Gasteiger partial charge in [0, 0.05) is 6.20 Å². The lowest BCUT2D eigenvalue weighted by molar-refractivity contribution is -0.122. The van der Waals surface area contributed by atoms with Crippen LogP contribution in [0.5, 0.6) is 0 Å². The fourth-order valence-electron chi connectivity index (χ4n) is 2.79. The summed E-state index contributed by atoms with van der Waals surface area (Å²) in [4.78, 5) is 17.1. The van der Waals surface area contributed by atoms with Crippen LogP contribution in [0.15, 0.2) is 18.5 Å². The number of hydrogen-bond donors (Lipinski definition) is 2. The largest absolute Gasteiger partial charge is 0.392 e. The number of thiocarbonyl (C=S) groups is 1. The molecule has 0 unspecified atom stereocenters. The first-order valence-corrected chi connectivity index (χ1v) is 7.48. The predicted octanol–water partition coefficient (Wildman–Crippen LogP) is 2.96. The third kappa shape index (κ3) is 3.15. The molecule has 4 nitrogen and oxygen atoms in total. The molecule has 0 spiro atoms. The molecule has 1 aromatic heterocycles. The molecular formula is C15H21N3OS. The number of carbonyl (C=O) groups excluding carboxylic acids is 1. The lowest BCUT2D eigenvalue weighted by Gasteiger charge is -2.30. The molecule has 1 amide bonds. The second-order valence-corrected chi connectivity index (χ2v) is 6.01. The van der Waals surface area contributed by atoms with Crippen LogP contribution >= 0.6 is 12.2 Å². The Morgan fingerprint density at radius 3 is 2.50 bits per heavy atom. The molecule has 20 heavy (non-hydrogen) atoms. The van der Waals surface area contributed by atoms with E-state index in [1.165, 1.54) is 0 Å². The third-order valence-corrected chi connectivity index (χ3v) is 4.39. The number of aromatic nitrogens is 1. The maximum Gasteiger partial charge on any atom is 0.237 e. The Bertz CT molecular complexity index is 508. The van der Waals surface area contributed by atoms with E-state index in [9.17, 15) is 4.79 Å². The van der Waals surface area contributed by atoms with Gasteiger partial charge in [-0.05, 0) is 31.4 Å². The number of pyridine rings is 1. The summed E-state index contributed by atoms with van der Waals surface area (Å²) in [6.45, 7) is 1.94. The van der Waals surface area contributed by atoms with Gasteiger partial charge in [-0.2, -0.15) is 0 Å². The van der Waals surface area contributed by atoms with Gasteiger partial charge in [-0.3, -0.25) is 9.78 Å². The van der Waals surface area contributed by atoms with Crippen molar-refractivity contribution in [2.75, 3.05) is 5.32 Å². The smallest absolute Gasteiger partial charge is 0.237 e. The summed E-state index contributed by atoms with van der Waals surface area (Å²) in [5.41, 5.74) is 6.92. The highest BCUT2D eigenvalue weighted by Gasteiger charge is 2.41. The second kappa shape index (κ2) is 6.31. The van der Waals surface area contributed by atoms with Gasteiger partial charge in [-0.1, -0.05) is 37.9 Å². The first kappa shape index (κ1) is 14.9. The molecule has 0 saturated heterocycles. The minimum atomic E-state index is -0.699. The van der Waals surface area contributed by atoms with Gasteiger partial charge < -0.3 is 11.1 Å². The van der Waals surface area contributed by atoms with Crippen molar-refractivity contribution in [2.45, 2.75) is 45.4 Å². The van der Waals surface area contributed by atoms with Crippen LogP contribution in [-0.4, -0.2) is 15.9 Å². The molecule has 108 valence electrons. The van der Waals surface area contributed by atoms with E-state index in [4.69, 9.17) is 18.0 Å². The molecule has 1 heterocycles. The average Bonchev–Trinajstić information content (AvgIpc) is 2.65. The highest BCUT2D eigenvalue weighted by atomic mass is 32.1. The number of nitrogens with two attached hydrogens (primary N) is 1. The molecule has 0 aromatic carbocycles.